The van der Waals surface area contributed by atoms with Crippen molar-refractivity contribution in [3.05, 3.63) is 88.6 Å². The molecule has 0 saturated heterocycles. The number of hydrogen-bond acceptors (Lipinski definition) is 3. The van der Waals surface area contributed by atoms with Crippen LogP contribution in [0, 0.1) is 0 Å². The summed E-state index contributed by atoms with van der Waals surface area (Å²) >= 11 is 3.71. The van der Waals surface area contributed by atoms with Crippen molar-refractivity contribution in [1.82, 2.24) is 0 Å². The van der Waals surface area contributed by atoms with Gasteiger partial charge in [0.1, 0.15) is 5.75 Å². The molecule has 2 aromatic heterocycles. The van der Waals surface area contributed by atoms with Gasteiger partial charge < -0.3 is 4.43 Å². The zero-order valence-corrected chi connectivity index (χ0v) is 24.0. The van der Waals surface area contributed by atoms with Crippen molar-refractivity contribution in [3.63, 3.8) is 0 Å². The first-order chi connectivity index (χ1) is 17.2. The van der Waals surface area contributed by atoms with Crippen molar-refractivity contribution in [1.29, 1.82) is 0 Å². The second-order valence-corrected chi connectivity index (χ2v) is 18.0. The molecule has 6 rings (SSSR count). The number of thiophene rings is 2. The summed E-state index contributed by atoms with van der Waals surface area (Å²) in [4.78, 5) is 2.57. The van der Waals surface area contributed by atoms with E-state index in [4.69, 9.17) is 4.43 Å². The second-order valence-electron chi connectivity index (χ2n) is 11.1. The molecule has 0 bridgehead atoms. The van der Waals surface area contributed by atoms with Gasteiger partial charge in [0.25, 0.3) is 0 Å². The summed E-state index contributed by atoms with van der Waals surface area (Å²) < 4.78 is 9.22. The predicted molar refractivity (Wildman–Crippen MR) is 165 cm³/mol. The highest BCUT2D eigenvalue weighted by Gasteiger charge is 2.39. The largest absolute Gasteiger partial charge is 0.543 e. The minimum Gasteiger partial charge on any atom is -0.543 e. The van der Waals surface area contributed by atoms with Gasteiger partial charge in [-0.05, 0) is 88.2 Å². The summed E-state index contributed by atoms with van der Waals surface area (Å²) in [5.41, 5.74) is 0. The maximum absolute atomic E-state index is 6.56. The smallest absolute Gasteiger partial charge is 0.250 e. The van der Waals surface area contributed by atoms with Crippen molar-refractivity contribution in [2.24, 2.45) is 0 Å². The van der Waals surface area contributed by atoms with Gasteiger partial charge in [0, 0.05) is 29.9 Å². The van der Waals surface area contributed by atoms with Crippen LogP contribution in [0.2, 0.25) is 18.1 Å². The summed E-state index contributed by atoms with van der Waals surface area (Å²) in [5.74, 6) is 0.987. The van der Waals surface area contributed by atoms with Gasteiger partial charge in [0.05, 0.1) is 0 Å². The molecule has 180 valence electrons. The fourth-order valence-corrected chi connectivity index (χ4v) is 7.49. The number of rotatable bonds is 4. The van der Waals surface area contributed by atoms with Crippen LogP contribution in [-0.4, -0.2) is 8.32 Å². The Labute approximate surface area is 221 Å². The number of hydrogen-bond donors (Lipinski definition) is 0. The van der Waals surface area contributed by atoms with Gasteiger partial charge in [-0.25, -0.2) is 0 Å². The molecule has 0 spiro atoms. The lowest BCUT2D eigenvalue weighted by atomic mass is 10.1. The van der Waals surface area contributed by atoms with E-state index in [1.54, 1.807) is 0 Å². The third-order valence-corrected chi connectivity index (χ3v) is 14.0. The Morgan fingerprint density at radius 2 is 1.22 bits per heavy atom. The second kappa shape index (κ2) is 8.58. The summed E-state index contributed by atoms with van der Waals surface area (Å²) in [7, 11) is -1.86. The van der Waals surface area contributed by atoms with Crippen molar-refractivity contribution in [2.45, 2.75) is 38.9 Å². The molecule has 4 aromatic carbocycles. The molecule has 6 aromatic rings. The summed E-state index contributed by atoms with van der Waals surface area (Å²) in [5, 5.41) is 8.00. The molecule has 0 atom stereocenters. The molecule has 2 heterocycles. The van der Waals surface area contributed by atoms with E-state index in [0.29, 0.717) is 0 Å². The summed E-state index contributed by atoms with van der Waals surface area (Å²) in [6.45, 7) is 11.5. The minimum atomic E-state index is -1.86. The minimum absolute atomic E-state index is 0.183. The van der Waals surface area contributed by atoms with E-state index in [0.717, 1.165) is 5.75 Å². The highest BCUT2D eigenvalue weighted by atomic mass is 32.1. The number of fused-ring (bicyclic) bond motifs is 6. The van der Waals surface area contributed by atoms with Crippen molar-refractivity contribution >= 4 is 84.9 Å². The molecule has 36 heavy (non-hydrogen) atoms. The Balaban J connectivity index is 1.32. The Bertz CT molecular complexity index is 1780. The van der Waals surface area contributed by atoms with E-state index in [1.165, 1.54) is 51.5 Å². The van der Waals surface area contributed by atoms with Crippen LogP contribution in [0.15, 0.2) is 78.9 Å². The van der Waals surface area contributed by atoms with Crippen LogP contribution in [0.1, 0.15) is 30.5 Å². The molecular formula is C32H30OS2Si. The van der Waals surface area contributed by atoms with E-state index in [9.17, 15) is 0 Å². The fraction of sp³-hybridized carbons (Fsp3) is 0.188. The van der Waals surface area contributed by atoms with Crippen LogP contribution in [0.5, 0.6) is 5.75 Å². The highest BCUT2D eigenvalue weighted by molar-refractivity contribution is 7.21. The van der Waals surface area contributed by atoms with Crippen molar-refractivity contribution in [2.75, 3.05) is 0 Å². The zero-order valence-electron chi connectivity index (χ0n) is 21.4. The number of benzene rings is 4. The predicted octanol–water partition coefficient (Wildman–Crippen LogP) is 11.0. The van der Waals surface area contributed by atoms with Crippen LogP contribution in [-0.2, 0) is 0 Å². The lowest BCUT2D eigenvalue weighted by molar-refractivity contribution is 0.493. The van der Waals surface area contributed by atoms with Crippen molar-refractivity contribution < 1.29 is 4.43 Å². The molecular weight excluding hydrogens is 493 g/mol. The summed E-state index contributed by atoms with van der Waals surface area (Å²) in [6, 6.07) is 28.8. The van der Waals surface area contributed by atoms with E-state index < -0.39 is 8.32 Å². The topological polar surface area (TPSA) is 9.23 Å². The van der Waals surface area contributed by atoms with Crippen molar-refractivity contribution in [3.8, 4) is 5.75 Å². The highest BCUT2D eigenvalue weighted by Crippen LogP contribution is 2.40. The molecule has 0 aliphatic carbocycles. The fourth-order valence-electron chi connectivity index (χ4n) is 4.50. The zero-order chi connectivity index (χ0) is 25.1. The standard InChI is InChI=1S/C32H30OS2Si/c1-32(2,3)36(4,5)33-23-12-15-27-22(18-23)11-17-31-29(27)20-25(35-31)14-13-24-19-28-26-9-7-6-8-21(26)10-16-30(28)34-24/h6-20H,1-5H3/b14-13+. The van der Waals surface area contributed by atoms with E-state index in [-0.39, 0.29) is 5.04 Å². The monoisotopic (exact) mass is 522 g/mol. The average Bonchev–Trinajstić information content (AvgIpc) is 3.45. The van der Waals surface area contributed by atoms with E-state index in [1.807, 2.05) is 22.7 Å². The molecule has 0 amide bonds. The first-order valence-electron chi connectivity index (χ1n) is 12.4. The Hall–Kier alpha value is -2.92. The molecule has 4 heteroatoms. The van der Waals surface area contributed by atoms with Gasteiger partial charge in [-0.3, -0.25) is 0 Å². The third kappa shape index (κ3) is 4.17. The van der Waals surface area contributed by atoms with Gasteiger partial charge in [-0.15, -0.1) is 22.7 Å². The van der Waals surface area contributed by atoms with Gasteiger partial charge in [-0.1, -0.05) is 63.2 Å². The van der Waals surface area contributed by atoms with Gasteiger partial charge >= 0.3 is 0 Å². The van der Waals surface area contributed by atoms with E-state index in [2.05, 4.69) is 125 Å². The molecule has 0 N–H and O–H groups in total. The Kier molecular flexibility index (Phi) is 5.60. The lowest BCUT2D eigenvalue weighted by Gasteiger charge is -2.36. The quantitative estimate of drug-likeness (QED) is 0.209. The third-order valence-electron chi connectivity index (χ3n) is 7.54. The van der Waals surface area contributed by atoms with Gasteiger partial charge in [0.15, 0.2) is 0 Å². The Morgan fingerprint density at radius 1 is 0.639 bits per heavy atom. The molecule has 0 radical (unpaired) electrons. The summed E-state index contributed by atoms with van der Waals surface area (Å²) in [6.07, 6.45) is 4.52. The lowest BCUT2D eigenvalue weighted by Crippen LogP contribution is -2.43. The molecule has 1 nitrogen and oxygen atoms in total. The maximum Gasteiger partial charge on any atom is 0.250 e. The maximum atomic E-state index is 6.56. The average molecular weight is 523 g/mol. The van der Waals surface area contributed by atoms with Crippen LogP contribution in [0.4, 0.5) is 0 Å². The molecule has 0 fully saturated rings. The van der Waals surface area contributed by atoms with E-state index >= 15 is 0 Å². The molecule has 0 aliphatic rings. The first-order valence-corrected chi connectivity index (χ1v) is 17.0. The molecule has 0 saturated carbocycles. The first kappa shape index (κ1) is 23.5. The normalized spacial score (nSPS) is 13.0. The van der Waals surface area contributed by atoms with Gasteiger partial charge in [-0.2, -0.15) is 0 Å². The molecule has 0 unspecified atom stereocenters. The Morgan fingerprint density at radius 3 is 1.86 bits per heavy atom. The van der Waals surface area contributed by atoms with Crippen LogP contribution in [0.3, 0.4) is 0 Å². The molecule has 0 aliphatic heterocycles. The van der Waals surface area contributed by atoms with Crippen LogP contribution >= 0.6 is 22.7 Å². The SMILES string of the molecule is CC(C)(C)[Si](C)(C)Oc1ccc2c(ccc3sc(/C=C/c4cc5c(ccc6ccccc65)s4)cc32)c1. The van der Waals surface area contributed by atoms with Gasteiger partial charge in [0.2, 0.25) is 8.32 Å². The van der Waals surface area contributed by atoms with Crippen LogP contribution in [0.25, 0.3) is 53.9 Å². The van der Waals surface area contributed by atoms with Crippen LogP contribution < -0.4 is 4.43 Å².